The van der Waals surface area contributed by atoms with Crippen molar-refractivity contribution in [3.63, 3.8) is 0 Å². The Kier molecular flexibility index (Phi) is 4.80. The van der Waals surface area contributed by atoms with Crippen LogP contribution in [-0.2, 0) is 11.2 Å². The van der Waals surface area contributed by atoms with E-state index in [-0.39, 0.29) is 11.3 Å². The van der Waals surface area contributed by atoms with Gasteiger partial charge in [0.1, 0.15) is 11.3 Å². The Bertz CT molecular complexity index is 1390. The number of hydrazone groups is 1. The number of carbonyl (C=O) groups is 1. The quantitative estimate of drug-likeness (QED) is 0.379. The molecule has 31 heavy (non-hydrogen) atoms. The molecule has 0 radical (unpaired) electrons. The van der Waals surface area contributed by atoms with Crippen LogP contribution in [0, 0.1) is 0 Å². The number of carbonyl (C=O) groups excluding carboxylic acids is 1. The summed E-state index contributed by atoms with van der Waals surface area (Å²) < 4.78 is 5.83. The van der Waals surface area contributed by atoms with Gasteiger partial charge in [0.25, 0.3) is 5.55 Å². The first-order valence-electron chi connectivity index (χ1n) is 9.99. The molecule has 0 aliphatic heterocycles. The molecule has 1 heterocycles. The molecule has 2 N–H and O–H groups in total. The largest absolute Gasteiger partial charge is 0.435 e. The van der Waals surface area contributed by atoms with Gasteiger partial charge in [-0.1, -0.05) is 54.6 Å². The summed E-state index contributed by atoms with van der Waals surface area (Å²) in [6.07, 6.45) is 1.19. The minimum Gasteiger partial charge on any atom is -0.435 e. The van der Waals surface area contributed by atoms with E-state index in [0.29, 0.717) is 29.0 Å². The number of benzene rings is 3. The number of aryl methyl sites for hydroxylation is 1. The first-order valence-corrected chi connectivity index (χ1v) is 9.99. The van der Waals surface area contributed by atoms with Gasteiger partial charge in [-0.3, -0.25) is 10.2 Å². The van der Waals surface area contributed by atoms with E-state index in [1.807, 2.05) is 72.8 Å². The lowest BCUT2D eigenvalue weighted by atomic mass is 9.89. The molecular formula is C25H19N3O3. The maximum atomic E-state index is 12.4. The van der Waals surface area contributed by atoms with Crippen molar-refractivity contribution in [3.8, 4) is 11.1 Å². The predicted octanol–water partition coefficient (Wildman–Crippen LogP) is 4.72. The maximum absolute atomic E-state index is 12.4. The third-order valence-corrected chi connectivity index (χ3v) is 5.38. The number of nitrogens with zero attached hydrogens (tertiary/aromatic N) is 2. The van der Waals surface area contributed by atoms with E-state index in [9.17, 15) is 10.0 Å². The number of fused-ring (bicyclic) bond motifs is 2. The maximum Gasteiger partial charge on any atom is 0.263 e. The Morgan fingerprint density at radius 1 is 0.871 bits per heavy atom. The summed E-state index contributed by atoms with van der Waals surface area (Å²) in [5.41, 5.74) is 8.31. The van der Waals surface area contributed by atoms with E-state index in [2.05, 4.69) is 15.7 Å². The van der Waals surface area contributed by atoms with E-state index < -0.39 is 0 Å². The first-order chi connectivity index (χ1) is 15.2. The molecule has 0 amide bonds. The Hall–Kier alpha value is -4.19. The van der Waals surface area contributed by atoms with Gasteiger partial charge < -0.3 is 9.62 Å². The molecular weight excluding hydrogens is 390 g/mol. The molecule has 6 heteroatoms. The minimum atomic E-state index is 0.0190. The molecule has 0 atom stereocenters. The number of Topliss-reactive ketones (excluding diaryl/α,β-unsaturated/α-hetero) is 1. The van der Waals surface area contributed by atoms with Crippen molar-refractivity contribution in [3.05, 3.63) is 95.5 Å². The number of hydrogen-bond donors (Lipinski definition) is 2. The van der Waals surface area contributed by atoms with Crippen LogP contribution in [-0.4, -0.2) is 16.7 Å². The highest BCUT2D eigenvalue weighted by atomic mass is 16.5. The Morgan fingerprint density at radius 3 is 2.52 bits per heavy atom. The monoisotopic (exact) mass is 409 g/mol. The molecule has 6 nitrogen and oxygen atoms in total. The number of anilines is 1. The highest BCUT2D eigenvalue weighted by molar-refractivity contribution is 6.47. The Labute approximate surface area is 178 Å². The van der Waals surface area contributed by atoms with Crippen LogP contribution in [0.3, 0.4) is 0 Å². The van der Waals surface area contributed by atoms with Crippen molar-refractivity contribution in [2.75, 3.05) is 5.43 Å². The van der Waals surface area contributed by atoms with Crippen LogP contribution in [0.2, 0.25) is 0 Å². The summed E-state index contributed by atoms with van der Waals surface area (Å²) in [4.78, 5) is 12.4. The highest BCUT2D eigenvalue weighted by Gasteiger charge is 2.22. The van der Waals surface area contributed by atoms with Crippen LogP contribution >= 0.6 is 0 Å². The van der Waals surface area contributed by atoms with Gasteiger partial charge in [0, 0.05) is 29.0 Å². The molecule has 0 unspecified atom stereocenters. The first kappa shape index (κ1) is 18.8. The molecule has 0 bridgehead atoms. The summed E-state index contributed by atoms with van der Waals surface area (Å²) in [6, 6.07) is 24.9. The Morgan fingerprint density at radius 2 is 1.68 bits per heavy atom. The van der Waals surface area contributed by atoms with Gasteiger partial charge in [-0.2, -0.15) is 5.10 Å². The van der Waals surface area contributed by atoms with Gasteiger partial charge in [0.05, 0.1) is 5.69 Å². The third kappa shape index (κ3) is 3.59. The minimum absolute atomic E-state index is 0.0190. The molecule has 4 aromatic rings. The number of ketones is 1. The Balaban J connectivity index is 1.51. The predicted molar refractivity (Wildman–Crippen MR) is 119 cm³/mol. The van der Waals surface area contributed by atoms with Gasteiger partial charge in [0.2, 0.25) is 0 Å². The number of hydrogen-bond acceptors (Lipinski definition) is 6. The number of nitrogens with one attached hydrogen (secondary N) is 1. The highest BCUT2D eigenvalue weighted by Crippen LogP contribution is 2.24. The van der Waals surface area contributed by atoms with Crippen LogP contribution in [0.1, 0.15) is 17.5 Å². The van der Waals surface area contributed by atoms with Crippen molar-refractivity contribution in [2.45, 2.75) is 12.8 Å². The summed E-state index contributed by atoms with van der Waals surface area (Å²) in [7, 11) is 0. The van der Waals surface area contributed by atoms with Gasteiger partial charge in [0.15, 0.2) is 5.78 Å². The molecule has 1 aromatic heterocycles. The number of rotatable bonds is 3. The van der Waals surface area contributed by atoms with Crippen molar-refractivity contribution >= 4 is 28.2 Å². The fraction of sp³-hybridized carbons (Fsp3) is 0.0800. The van der Waals surface area contributed by atoms with Gasteiger partial charge in [-0.05, 0) is 40.9 Å². The summed E-state index contributed by atoms with van der Waals surface area (Å²) in [5, 5.41) is 18.0. The van der Waals surface area contributed by atoms with Gasteiger partial charge in [-0.15, -0.1) is 0 Å². The summed E-state index contributed by atoms with van der Waals surface area (Å²) in [5.74, 6) is 0.0190. The van der Waals surface area contributed by atoms with E-state index in [1.165, 1.54) is 0 Å². The van der Waals surface area contributed by atoms with Crippen LogP contribution in [0.5, 0.6) is 0 Å². The topological polar surface area (TPSA) is 87.2 Å². The normalized spacial score (nSPS) is 15.3. The van der Waals surface area contributed by atoms with Crippen LogP contribution in [0.4, 0.5) is 5.69 Å². The standard InChI is InChI=1S/C25H19N3O3/c29-22-13-11-17-8-4-5-9-20(17)24(22)27-26-19-12-10-18-14-21(16-6-2-1-3-7-16)25(28-30)31-23(18)15-19/h1-10,12,14-15,26,30H,11,13H2. The molecule has 5 rings (SSSR count). The van der Waals surface area contributed by atoms with E-state index in [1.54, 1.807) is 6.07 Å². The van der Waals surface area contributed by atoms with Crippen molar-refractivity contribution in [2.24, 2.45) is 10.3 Å². The lowest BCUT2D eigenvalue weighted by molar-refractivity contribution is -0.113. The third-order valence-electron chi connectivity index (χ3n) is 5.38. The molecule has 1 aliphatic carbocycles. The molecule has 152 valence electrons. The van der Waals surface area contributed by atoms with E-state index in [4.69, 9.17) is 4.42 Å². The van der Waals surface area contributed by atoms with Crippen LogP contribution in [0.25, 0.3) is 22.1 Å². The van der Waals surface area contributed by atoms with Crippen molar-refractivity contribution in [1.29, 1.82) is 0 Å². The lowest BCUT2D eigenvalue weighted by Gasteiger charge is -2.16. The second-order valence-corrected chi connectivity index (χ2v) is 7.34. The molecule has 0 spiro atoms. The van der Waals surface area contributed by atoms with Crippen molar-refractivity contribution in [1.82, 2.24) is 0 Å². The molecule has 0 fully saturated rings. The average molecular weight is 409 g/mol. The average Bonchev–Trinajstić information content (AvgIpc) is 2.83. The van der Waals surface area contributed by atoms with E-state index >= 15 is 0 Å². The SMILES string of the molecule is O=C1CCc2ccccc2C1=NNc1ccc2cc(-c3ccccc3)c(=NO)oc2c1. The zero-order valence-corrected chi connectivity index (χ0v) is 16.6. The fourth-order valence-corrected chi connectivity index (χ4v) is 3.82. The molecule has 1 aliphatic rings. The summed E-state index contributed by atoms with van der Waals surface area (Å²) >= 11 is 0. The lowest BCUT2D eigenvalue weighted by Crippen LogP contribution is -2.24. The summed E-state index contributed by atoms with van der Waals surface area (Å²) in [6.45, 7) is 0. The molecule has 3 aromatic carbocycles. The van der Waals surface area contributed by atoms with Crippen LogP contribution in [0.15, 0.2) is 93.5 Å². The second-order valence-electron chi connectivity index (χ2n) is 7.34. The van der Waals surface area contributed by atoms with E-state index in [0.717, 1.165) is 28.5 Å². The zero-order valence-electron chi connectivity index (χ0n) is 16.6. The van der Waals surface area contributed by atoms with Gasteiger partial charge in [-0.25, -0.2) is 0 Å². The second kappa shape index (κ2) is 7.91. The zero-order chi connectivity index (χ0) is 21.2. The van der Waals surface area contributed by atoms with Crippen LogP contribution < -0.4 is 11.0 Å². The smallest absolute Gasteiger partial charge is 0.263 e. The molecule has 0 saturated carbocycles. The molecule has 0 saturated heterocycles. The van der Waals surface area contributed by atoms with Crippen molar-refractivity contribution < 1.29 is 14.4 Å². The fourth-order valence-electron chi connectivity index (χ4n) is 3.82. The van der Waals surface area contributed by atoms with Gasteiger partial charge >= 0.3 is 0 Å².